The second kappa shape index (κ2) is 3.17. The monoisotopic (exact) mass is 184 g/mol. The summed E-state index contributed by atoms with van der Waals surface area (Å²) in [6, 6.07) is 0. The summed E-state index contributed by atoms with van der Waals surface area (Å²) in [5, 5.41) is 2.13. The molecule has 0 radical (unpaired) electrons. The van der Waals surface area contributed by atoms with Crippen molar-refractivity contribution >= 4 is 11.3 Å². The van der Waals surface area contributed by atoms with Crippen LogP contribution in [0.15, 0.2) is 5.38 Å². The van der Waals surface area contributed by atoms with Crippen LogP contribution in [0, 0.1) is 13.8 Å². The van der Waals surface area contributed by atoms with Gasteiger partial charge in [-0.05, 0) is 24.8 Å². The van der Waals surface area contributed by atoms with E-state index < -0.39 is 0 Å². The Morgan fingerprint density at radius 3 is 2.50 bits per heavy atom. The molecule has 0 bridgehead atoms. The lowest BCUT2D eigenvalue weighted by Crippen LogP contribution is -1.97. The highest BCUT2D eigenvalue weighted by molar-refractivity contribution is 7.10. The molecule has 1 aliphatic rings. The Labute approximate surface area is 76.1 Å². The van der Waals surface area contributed by atoms with Crippen molar-refractivity contribution in [1.82, 2.24) is 0 Å². The van der Waals surface area contributed by atoms with E-state index in [4.69, 9.17) is 9.47 Å². The maximum atomic E-state index is 5.42. The lowest BCUT2D eigenvalue weighted by molar-refractivity contribution is -0.0442. The molecule has 0 saturated carbocycles. The van der Waals surface area contributed by atoms with Gasteiger partial charge >= 0.3 is 0 Å². The highest BCUT2D eigenvalue weighted by atomic mass is 32.1. The van der Waals surface area contributed by atoms with E-state index in [0.29, 0.717) is 0 Å². The van der Waals surface area contributed by atoms with Crippen LogP contribution in [0.2, 0.25) is 0 Å². The van der Waals surface area contributed by atoms with E-state index in [1.54, 1.807) is 11.3 Å². The van der Waals surface area contributed by atoms with Crippen molar-refractivity contribution in [2.24, 2.45) is 0 Å². The average Bonchev–Trinajstić information content (AvgIpc) is 2.64. The predicted octanol–water partition coefficient (Wildman–Crippen LogP) is 2.41. The molecular weight excluding hydrogens is 172 g/mol. The number of aryl methyl sites for hydroxylation is 1. The average molecular weight is 184 g/mol. The second-order valence-corrected chi connectivity index (χ2v) is 4.03. The normalized spacial score (nSPS) is 18.8. The van der Waals surface area contributed by atoms with Gasteiger partial charge in [-0.3, -0.25) is 0 Å². The summed E-state index contributed by atoms with van der Waals surface area (Å²) in [6.45, 7) is 5.68. The number of thiophene rings is 1. The molecule has 1 saturated heterocycles. The van der Waals surface area contributed by atoms with Gasteiger partial charge in [0.25, 0.3) is 0 Å². The number of ether oxygens (including phenoxy) is 2. The van der Waals surface area contributed by atoms with E-state index in [1.807, 2.05) is 0 Å². The van der Waals surface area contributed by atoms with Gasteiger partial charge in [0, 0.05) is 10.4 Å². The van der Waals surface area contributed by atoms with E-state index in [9.17, 15) is 0 Å². The molecule has 0 aliphatic carbocycles. The molecule has 0 amide bonds. The molecule has 1 aromatic rings. The van der Waals surface area contributed by atoms with Gasteiger partial charge in [-0.25, -0.2) is 0 Å². The Kier molecular flexibility index (Phi) is 2.17. The molecule has 0 unspecified atom stereocenters. The summed E-state index contributed by atoms with van der Waals surface area (Å²) in [7, 11) is 0. The van der Waals surface area contributed by atoms with E-state index >= 15 is 0 Å². The standard InChI is InChI=1S/C9H12O2S/c1-6-7(2)12-5-8(6)9-10-3-4-11-9/h5,9H,3-4H2,1-2H3. The zero-order valence-electron chi connectivity index (χ0n) is 7.29. The molecule has 3 heteroatoms. The summed E-state index contributed by atoms with van der Waals surface area (Å²) < 4.78 is 10.8. The lowest BCUT2D eigenvalue weighted by atomic mass is 10.2. The molecule has 1 aromatic heterocycles. The third kappa shape index (κ3) is 1.28. The van der Waals surface area contributed by atoms with Crippen LogP contribution in [-0.2, 0) is 9.47 Å². The molecule has 12 heavy (non-hydrogen) atoms. The summed E-state index contributed by atoms with van der Waals surface area (Å²) >= 11 is 1.76. The van der Waals surface area contributed by atoms with Gasteiger partial charge in [-0.15, -0.1) is 11.3 Å². The molecule has 0 atom stereocenters. The Balaban J connectivity index is 2.26. The van der Waals surface area contributed by atoms with Gasteiger partial charge < -0.3 is 9.47 Å². The maximum Gasteiger partial charge on any atom is 0.185 e. The summed E-state index contributed by atoms with van der Waals surface area (Å²) in [6.07, 6.45) is -0.102. The summed E-state index contributed by atoms with van der Waals surface area (Å²) in [5.41, 5.74) is 2.52. The van der Waals surface area contributed by atoms with E-state index in [2.05, 4.69) is 19.2 Å². The third-order valence-corrected chi connectivity index (χ3v) is 3.23. The smallest absolute Gasteiger partial charge is 0.185 e. The van der Waals surface area contributed by atoms with Gasteiger partial charge in [0.05, 0.1) is 13.2 Å². The van der Waals surface area contributed by atoms with Crippen LogP contribution in [-0.4, -0.2) is 13.2 Å². The zero-order valence-corrected chi connectivity index (χ0v) is 8.11. The molecule has 2 nitrogen and oxygen atoms in total. The van der Waals surface area contributed by atoms with Gasteiger partial charge in [0.2, 0.25) is 0 Å². The van der Waals surface area contributed by atoms with Gasteiger partial charge in [0.1, 0.15) is 0 Å². The molecular formula is C9H12O2S. The lowest BCUT2D eigenvalue weighted by Gasteiger charge is -2.07. The van der Waals surface area contributed by atoms with Gasteiger partial charge in [0.15, 0.2) is 6.29 Å². The van der Waals surface area contributed by atoms with Crippen molar-refractivity contribution < 1.29 is 9.47 Å². The minimum atomic E-state index is -0.102. The fraction of sp³-hybridized carbons (Fsp3) is 0.556. The fourth-order valence-electron chi connectivity index (χ4n) is 1.30. The Morgan fingerprint density at radius 1 is 1.33 bits per heavy atom. The van der Waals surface area contributed by atoms with Crippen molar-refractivity contribution in [3.8, 4) is 0 Å². The van der Waals surface area contributed by atoms with Crippen LogP contribution in [0.3, 0.4) is 0 Å². The highest BCUT2D eigenvalue weighted by Crippen LogP contribution is 2.31. The Hall–Kier alpha value is -0.380. The first kappa shape index (κ1) is 8.23. The Bertz CT molecular complexity index is 274. The fourth-order valence-corrected chi connectivity index (χ4v) is 2.19. The molecule has 2 rings (SSSR count). The number of rotatable bonds is 1. The van der Waals surface area contributed by atoms with E-state index in [-0.39, 0.29) is 6.29 Å². The van der Waals surface area contributed by atoms with Crippen LogP contribution in [0.5, 0.6) is 0 Å². The topological polar surface area (TPSA) is 18.5 Å². The molecule has 0 N–H and O–H groups in total. The Morgan fingerprint density at radius 2 is 2.00 bits per heavy atom. The molecule has 0 aromatic carbocycles. The molecule has 2 heterocycles. The van der Waals surface area contributed by atoms with Crippen molar-refractivity contribution in [1.29, 1.82) is 0 Å². The van der Waals surface area contributed by atoms with E-state index in [1.165, 1.54) is 16.0 Å². The maximum absolute atomic E-state index is 5.42. The van der Waals surface area contributed by atoms with Crippen LogP contribution in [0.4, 0.5) is 0 Å². The first-order chi connectivity index (χ1) is 5.79. The minimum Gasteiger partial charge on any atom is -0.346 e. The van der Waals surface area contributed by atoms with E-state index in [0.717, 1.165) is 13.2 Å². The summed E-state index contributed by atoms with van der Waals surface area (Å²) in [5.74, 6) is 0. The van der Waals surface area contributed by atoms with Crippen LogP contribution >= 0.6 is 11.3 Å². The summed E-state index contributed by atoms with van der Waals surface area (Å²) in [4.78, 5) is 1.35. The molecule has 66 valence electrons. The second-order valence-electron chi connectivity index (χ2n) is 2.95. The quantitative estimate of drug-likeness (QED) is 0.667. The van der Waals surface area contributed by atoms with Crippen molar-refractivity contribution in [3.63, 3.8) is 0 Å². The van der Waals surface area contributed by atoms with Gasteiger partial charge in [-0.1, -0.05) is 0 Å². The minimum absolute atomic E-state index is 0.102. The molecule has 1 fully saturated rings. The van der Waals surface area contributed by atoms with Crippen LogP contribution in [0.1, 0.15) is 22.3 Å². The first-order valence-corrected chi connectivity index (χ1v) is 4.95. The van der Waals surface area contributed by atoms with Crippen LogP contribution in [0.25, 0.3) is 0 Å². The number of hydrogen-bond donors (Lipinski definition) is 0. The highest BCUT2D eigenvalue weighted by Gasteiger charge is 2.21. The van der Waals surface area contributed by atoms with Crippen LogP contribution < -0.4 is 0 Å². The van der Waals surface area contributed by atoms with Gasteiger partial charge in [-0.2, -0.15) is 0 Å². The number of hydrogen-bond acceptors (Lipinski definition) is 3. The largest absolute Gasteiger partial charge is 0.346 e. The predicted molar refractivity (Wildman–Crippen MR) is 48.4 cm³/mol. The zero-order chi connectivity index (χ0) is 8.55. The third-order valence-electron chi connectivity index (χ3n) is 2.20. The van der Waals surface area contributed by atoms with Crippen molar-refractivity contribution in [2.75, 3.05) is 13.2 Å². The van der Waals surface area contributed by atoms with Crippen molar-refractivity contribution in [2.45, 2.75) is 20.1 Å². The molecule has 0 spiro atoms. The van der Waals surface area contributed by atoms with Crippen molar-refractivity contribution in [3.05, 3.63) is 21.4 Å². The first-order valence-electron chi connectivity index (χ1n) is 4.07. The SMILES string of the molecule is Cc1scc(C2OCCO2)c1C. The molecule has 1 aliphatic heterocycles.